The summed E-state index contributed by atoms with van der Waals surface area (Å²) in [6, 6.07) is 16.1. The average molecular weight is 421 g/mol. The van der Waals surface area contributed by atoms with Crippen LogP contribution in [0.15, 0.2) is 71.9 Å². The van der Waals surface area contributed by atoms with Crippen molar-refractivity contribution in [1.82, 2.24) is 4.98 Å². The smallest absolute Gasteiger partial charge is 0.261 e. The number of hydrogen-bond acceptors (Lipinski definition) is 4. The molecular weight excluding hydrogens is 396 g/mol. The van der Waals surface area contributed by atoms with E-state index in [0.717, 1.165) is 30.4 Å². The first-order valence-electron chi connectivity index (χ1n) is 10.1. The van der Waals surface area contributed by atoms with Crippen LogP contribution >= 0.6 is 0 Å². The van der Waals surface area contributed by atoms with E-state index in [1.807, 2.05) is 30.3 Å². The summed E-state index contributed by atoms with van der Waals surface area (Å²) in [6.07, 6.45) is 8.03. The number of fused-ring (bicyclic) bond motifs is 1. The number of aromatic nitrogens is 1. The molecule has 5 nitrogen and oxygen atoms in total. The second-order valence-electron chi connectivity index (χ2n) is 7.66. The number of pyridine rings is 1. The van der Waals surface area contributed by atoms with Gasteiger partial charge in [0.15, 0.2) is 0 Å². The Morgan fingerprint density at radius 1 is 0.967 bits per heavy atom. The zero-order valence-corrected chi connectivity index (χ0v) is 17.5. The fourth-order valence-electron chi connectivity index (χ4n) is 3.78. The summed E-state index contributed by atoms with van der Waals surface area (Å²) in [5.41, 5.74) is 4.95. The summed E-state index contributed by atoms with van der Waals surface area (Å²) in [5, 5.41) is 0. The quantitative estimate of drug-likeness (QED) is 0.595. The third-order valence-corrected chi connectivity index (χ3v) is 6.80. The number of carbonyl (C=O) groups is 1. The highest BCUT2D eigenvalue weighted by Gasteiger charge is 2.17. The summed E-state index contributed by atoms with van der Waals surface area (Å²) < 4.78 is 28.1. The lowest BCUT2D eigenvalue weighted by atomic mass is 10.0. The lowest BCUT2D eigenvalue weighted by Crippen LogP contribution is -2.13. The first-order chi connectivity index (χ1) is 14.5. The maximum Gasteiger partial charge on any atom is 0.261 e. The van der Waals surface area contributed by atoms with Crippen molar-refractivity contribution in [1.29, 1.82) is 0 Å². The minimum Gasteiger partial charge on any atom is -0.299 e. The number of benzene rings is 2. The van der Waals surface area contributed by atoms with Crippen LogP contribution in [0.4, 0.5) is 5.69 Å². The van der Waals surface area contributed by atoms with Crippen LogP contribution in [0.3, 0.4) is 0 Å². The Labute approximate surface area is 177 Å². The number of Topliss-reactive ketones (excluding diaryl/α,β-unsaturated/α-hetero) is 1. The number of aryl methyl sites for hydroxylation is 3. The lowest BCUT2D eigenvalue weighted by Gasteiger charge is -2.10. The van der Waals surface area contributed by atoms with Crippen LogP contribution in [0, 0.1) is 0 Å². The summed E-state index contributed by atoms with van der Waals surface area (Å²) in [5.74, 6) is 0.116. The van der Waals surface area contributed by atoms with E-state index in [4.69, 9.17) is 0 Å². The predicted molar refractivity (Wildman–Crippen MR) is 117 cm³/mol. The maximum atomic E-state index is 12.7. The molecule has 0 amide bonds. The minimum absolute atomic E-state index is 0.116. The predicted octanol–water partition coefficient (Wildman–Crippen LogP) is 4.12. The van der Waals surface area contributed by atoms with E-state index < -0.39 is 10.0 Å². The second kappa shape index (κ2) is 8.79. The molecule has 0 radical (unpaired) electrons. The maximum absolute atomic E-state index is 12.7. The Kier molecular flexibility index (Phi) is 5.95. The molecule has 0 aliphatic heterocycles. The summed E-state index contributed by atoms with van der Waals surface area (Å²) in [4.78, 5) is 16.5. The molecule has 0 atom stereocenters. The van der Waals surface area contributed by atoms with E-state index in [-0.39, 0.29) is 10.7 Å². The van der Waals surface area contributed by atoms with E-state index in [0.29, 0.717) is 24.9 Å². The Morgan fingerprint density at radius 2 is 1.77 bits per heavy atom. The molecule has 1 aliphatic carbocycles. The monoisotopic (exact) mass is 420 g/mol. The van der Waals surface area contributed by atoms with Crippen molar-refractivity contribution < 1.29 is 13.2 Å². The van der Waals surface area contributed by atoms with Gasteiger partial charge in [-0.3, -0.25) is 14.5 Å². The molecule has 0 saturated carbocycles. The number of nitrogens with one attached hydrogen (secondary N) is 1. The summed E-state index contributed by atoms with van der Waals surface area (Å²) in [7, 11) is -3.66. The summed E-state index contributed by atoms with van der Waals surface area (Å²) >= 11 is 0. The van der Waals surface area contributed by atoms with E-state index in [1.165, 1.54) is 11.1 Å². The zero-order chi connectivity index (χ0) is 21.0. The van der Waals surface area contributed by atoms with Gasteiger partial charge in [0.1, 0.15) is 5.78 Å². The standard InChI is InChI=1S/C24H24N2O3S/c27-23(11-6-19-3-2-14-25-17-19)15-18-7-12-24(13-8-18)30(28,29)26-22-10-9-20-4-1-5-21(20)16-22/h2-3,7-10,12-14,16-17,26H,1,4-6,11,15H2. The molecule has 0 unspecified atom stereocenters. The Balaban J connectivity index is 1.36. The lowest BCUT2D eigenvalue weighted by molar-refractivity contribution is -0.118. The van der Waals surface area contributed by atoms with Gasteiger partial charge in [0, 0.05) is 30.9 Å². The van der Waals surface area contributed by atoms with E-state index in [1.54, 1.807) is 36.7 Å². The fraction of sp³-hybridized carbons (Fsp3) is 0.250. The van der Waals surface area contributed by atoms with Gasteiger partial charge in [-0.15, -0.1) is 0 Å². The van der Waals surface area contributed by atoms with Crippen LogP contribution in [-0.4, -0.2) is 19.2 Å². The van der Waals surface area contributed by atoms with Gasteiger partial charge in [0.05, 0.1) is 4.90 Å². The molecule has 0 fully saturated rings. The normalized spacial score (nSPS) is 13.1. The zero-order valence-electron chi connectivity index (χ0n) is 16.7. The molecule has 0 spiro atoms. The van der Waals surface area contributed by atoms with Crippen molar-refractivity contribution in [3.63, 3.8) is 0 Å². The van der Waals surface area contributed by atoms with E-state index >= 15 is 0 Å². The highest BCUT2D eigenvalue weighted by atomic mass is 32.2. The SMILES string of the molecule is O=C(CCc1cccnc1)Cc1ccc(S(=O)(=O)Nc2ccc3c(c2)CCC3)cc1. The van der Waals surface area contributed by atoms with Crippen LogP contribution in [0.5, 0.6) is 0 Å². The van der Waals surface area contributed by atoms with Gasteiger partial charge < -0.3 is 0 Å². The van der Waals surface area contributed by atoms with E-state index in [2.05, 4.69) is 9.71 Å². The molecule has 6 heteroatoms. The van der Waals surface area contributed by atoms with Crippen molar-refractivity contribution in [2.45, 2.75) is 43.4 Å². The Hall–Kier alpha value is -2.99. The van der Waals surface area contributed by atoms with Gasteiger partial charge in [0.2, 0.25) is 0 Å². The van der Waals surface area contributed by atoms with Gasteiger partial charge >= 0.3 is 0 Å². The van der Waals surface area contributed by atoms with Crippen LogP contribution in [0.2, 0.25) is 0 Å². The molecule has 1 aromatic heterocycles. The molecule has 3 aromatic rings. The van der Waals surface area contributed by atoms with Crippen LogP contribution < -0.4 is 4.72 Å². The molecular formula is C24H24N2O3S. The number of ketones is 1. The number of hydrogen-bond donors (Lipinski definition) is 1. The van der Waals surface area contributed by atoms with Gasteiger partial charge in [-0.05, 0) is 78.3 Å². The number of sulfonamides is 1. The van der Waals surface area contributed by atoms with Crippen molar-refractivity contribution in [3.8, 4) is 0 Å². The van der Waals surface area contributed by atoms with Crippen molar-refractivity contribution in [2.24, 2.45) is 0 Å². The Bertz CT molecular complexity index is 1140. The van der Waals surface area contributed by atoms with Gasteiger partial charge in [-0.25, -0.2) is 8.42 Å². The third-order valence-electron chi connectivity index (χ3n) is 5.40. The third kappa shape index (κ3) is 4.94. The van der Waals surface area contributed by atoms with Crippen LogP contribution in [-0.2, 0) is 40.5 Å². The number of rotatable bonds is 8. The van der Waals surface area contributed by atoms with E-state index in [9.17, 15) is 13.2 Å². The second-order valence-corrected chi connectivity index (χ2v) is 9.35. The van der Waals surface area contributed by atoms with Crippen LogP contribution in [0.25, 0.3) is 0 Å². The molecule has 0 bridgehead atoms. The highest BCUT2D eigenvalue weighted by molar-refractivity contribution is 7.92. The molecule has 0 saturated heterocycles. The molecule has 154 valence electrons. The fourth-order valence-corrected chi connectivity index (χ4v) is 4.83. The van der Waals surface area contributed by atoms with Crippen molar-refractivity contribution in [3.05, 3.63) is 89.2 Å². The van der Waals surface area contributed by atoms with Gasteiger partial charge in [-0.2, -0.15) is 0 Å². The first kappa shape index (κ1) is 20.3. The van der Waals surface area contributed by atoms with Crippen molar-refractivity contribution >= 4 is 21.5 Å². The topological polar surface area (TPSA) is 76.1 Å². The number of anilines is 1. The molecule has 4 rings (SSSR count). The van der Waals surface area contributed by atoms with Gasteiger partial charge in [0.25, 0.3) is 10.0 Å². The average Bonchev–Trinajstić information content (AvgIpc) is 3.21. The largest absolute Gasteiger partial charge is 0.299 e. The number of carbonyl (C=O) groups excluding carboxylic acids is 1. The van der Waals surface area contributed by atoms with Gasteiger partial charge in [-0.1, -0.05) is 24.3 Å². The summed E-state index contributed by atoms with van der Waals surface area (Å²) in [6.45, 7) is 0. The number of nitrogens with zero attached hydrogens (tertiary/aromatic N) is 1. The van der Waals surface area contributed by atoms with Crippen molar-refractivity contribution in [2.75, 3.05) is 4.72 Å². The highest BCUT2D eigenvalue weighted by Crippen LogP contribution is 2.26. The molecule has 1 N–H and O–H groups in total. The Morgan fingerprint density at radius 3 is 2.53 bits per heavy atom. The first-order valence-corrected chi connectivity index (χ1v) is 11.6. The molecule has 30 heavy (non-hydrogen) atoms. The molecule has 1 aliphatic rings. The van der Waals surface area contributed by atoms with Crippen LogP contribution in [0.1, 0.15) is 35.1 Å². The molecule has 1 heterocycles. The minimum atomic E-state index is -3.66. The molecule has 2 aromatic carbocycles.